The number of rotatable bonds is 1. The Kier molecular flexibility index (Phi) is 2.06. The fourth-order valence-electron chi connectivity index (χ4n) is 1.37. The summed E-state index contributed by atoms with van der Waals surface area (Å²) >= 11 is 0. The van der Waals surface area contributed by atoms with Gasteiger partial charge in [0, 0.05) is 12.7 Å². The molecule has 0 aliphatic carbocycles. The maximum atomic E-state index is 11.5. The van der Waals surface area contributed by atoms with E-state index in [4.69, 9.17) is 0 Å². The van der Waals surface area contributed by atoms with Gasteiger partial charge >= 0.3 is 0 Å². The molecule has 1 atom stereocenters. The molecule has 1 fully saturated rings. The molecule has 0 aromatic rings. The van der Waals surface area contributed by atoms with Crippen LogP contribution in [0.15, 0.2) is 24.4 Å². The molecule has 66 valence electrons. The van der Waals surface area contributed by atoms with Crippen molar-refractivity contribution in [1.82, 2.24) is 9.80 Å². The molecule has 0 saturated carbocycles. The monoisotopic (exact) mass is 166 g/mol. The summed E-state index contributed by atoms with van der Waals surface area (Å²) in [5.74, 6) is 0.0509. The Morgan fingerprint density at radius 3 is 2.08 bits per heavy atom. The predicted molar refractivity (Wildman–Crippen MR) is 48.5 cm³/mol. The van der Waals surface area contributed by atoms with Crippen molar-refractivity contribution >= 4 is 5.91 Å². The number of carbonyl (C=O) groups is 1. The molecule has 1 aliphatic heterocycles. The summed E-state index contributed by atoms with van der Waals surface area (Å²) in [7, 11) is 5.44. The van der Waals surface area contributed by atoms with Crippen molar-refractivity contribution in [1.29, 1.82) is 0 Å². The van der Waals surface area contributed by atoms with Crippen molar-refractivity contribution in [2.45, 2.75) is 6.04 Å². The van der Waals surface area contributed by atoms with Gasteiger partial charge in [-0.05, 0) is 19.7 Å². The summed E-state index contributed by atoms with van der Waals surface area (Å²) in [6, 6.07) is -0.220. The maximum Gasteiger partial charge on any atom is 0.248 e. The highest BCUT2D eigenvalue weighted by Crippen LogP contribution is 2.26. The molecule has 1 aliphatic rings. The minimum Gasteiger partial charge on any atom is -0.314 e. The quantitative estimate of drug-likeness (QED) is 0.565. The Morgan fingerprint density at radius 2 is 1.92 bits per heavy atom. The van der Waals surface area contributed by atoms with Crippen LogP contribution in [0.4, 0.5) is 0 Å². The van der Waals surface area contributed by atoms with Gasteiger partial charge in [0.05, 0.1) is 0 Å². The second-order valence-electron chi connectivity index (χ2n) is 3.24. The molecule has 0 N–H and O–H groups in total. The lowest BCUT2D eigenvalue weighted by Gasteiger charge is -2.16. The summed E-state index contributed by atoms with van der Waals surface area (Å²) in [6.45, 7) is 7.61. The third-order valence-corrected chi connectivity index (χ3v) is 2.19. The van der Waals surface area contributed by atoms with Crippen LogP contribution < -0.4 is 0 Å². The van der Waals surface area contributed by atoms with Gasteiger partial charge in [-0.1, -0.05) is 13.2 Å². The third kappa shape index (κ3) is 1.06. The zero-order valence-corrected chi connectivity index (χ0v) is 7.79. The van der Waals surface area contributed by atoms with E-state index in [0.717, 1.165) is 11.3 Å². The molecule has 0 radical (unpaired) electrons. The van der Waals surface area contributed by atoms with Gasteiger partial charge in [-0.25, -0.2) is 0 Å². The Bertz CT molecular complexity index is 255. The van der Waals surface area contributed by atoms with Crippen molar-refractivity contribution in [3.05, 3.63) is 24.4 Å². The highest BCUT2D eigenvalue weighted by Gasteiger charge is 2.36. The maximum absolute atomic E-state index is 11.5. The molecule has 0 spiro atoms. The third-order valence-electron chi connectivity index (χ3n) is 2.19. The topological polar surface area (TPSA) is 23.6 Å². The Hall–Kier alpha value is -1.09. The molecule has 0 unspecified atom stereocenters. The fourth-order valence-corrected chi connectivity index (χ4v) is 1.37. The highest BCUT2D eigenvalue weighted by atomic mass is 16.2. The minimum absolute atomic E-state index is 0.0509. The summed E-state index contributed by atoms with van der Waals surface area (Å²) in [5, 5.41) is 0. The molecule has 1 heterocycles. The van der Waals surface area contributed by atoms with Crippen molar-refractivity contribution in [2.24, 2.45) is 0 Å². The first-order valence-corrected chi connectivity index (χ1v) is 3.79. The van der Waals surface area contributed by atoms with Gasteiger partial charge in [0.15, 0.2) is 0 Å². The van der Waals surface area contributed by atoms with E-state index < -0.39 is 0 Å². The SMILES string of the molecule is C=C1C(=C)N(C)C(=O)[C@@H]1N(C)C. The van der Waals surface area contributed by atoms with Gasteiger partial charge in [0.2, 0.25) is 5.91 Å². The number of likely N-dealkylation sites (tertiary alicyclic amines) is 1. The Balaban J connectivity index is 2.99. The molecule has 0 bridgehead atoms. The van der Waals surface area contributed by atoms with E-state index in [1.54, 1.807) is 11.9 Å². The molecule has 0 aromatic carbocycles. The van der Waals surface area contributed by atoms with Crippen LogP contribution in [0.5, 0.6) is 0 Å². The van der Waals surface area contributed by atoms with E-state index in [0.29, 0.717) is 0 Å². The summed E-state index contributed by atoms with van der Waals surface area (Å²) in [4.78, 5) is 14.9. The van der Waals surface area contributed by atoms with Crippen molar-refractivity contribution in [3.8, 4) is 0 Å². The molecular weight excluding hydrogens is 152 g/mol. The van der Waals surface area contributed by atoms with Crippen LogP contribution in [0, 0.1) is 0 Å². The smallest absolute Gasteiger partial charge is 0.248 e. The average molecular weight is 166 g/mol. The van der Waals surface area contributed by atoms with Gasteiger partial charge in [-0.2, -0.15) is 0 Å². The standard InChI is InChI=1S/C9H14N2O/c1-6-7(2)11(5)9(12)8(6)10(3)4/h8H,1-2H2,3-5H3/t8-/m1/s1. The first kappa shape index (κ1) is 9.00. The molecular formula is C9H14N2O. The van der Waals surface area contributed by atoms with E-state index in [1.807, 2.05) is 19.0 Å². The summed E-state index contributed by atoms with van der Waals surface area (Å²) in [5.41, 5.74) is 1.52. The van der Waals surface area contributed by atoms with E-state index in [-0.39, 0.29) is 11.9 Å². The first-order valence-electron chi connectivity index (χ1n) is 3.79. The van der Waals surface area contributed by atoms with E-state index in [9.17, 15) is 4.79 Å². The van der Waals surface area contributed by atoms with Gasteiger partial charge in [-0.3, -0.25) is 9.69 Å². The summed E-state index contributed by atoms with van der Waals surface area (Å²) < 4.78 is 0. The lowest BCUT2D eigenvalue weighted by atomic mass is 10.1. The molecule has 0 aromatic heterocycles. The van der Waals surface area contributed by atoms with Crippen LogP contribution in [0.25, 0.3) is 0 Å². The van der Waals surface area contributed by atoms with Crippen molar-refractivity contribution in [2.75, 3.05) is 21.1 Å². The molecule has 1 saturated heterocycles. The van der Waals surface area contributed by atoms with E-state index in [2.05, 4.69) is 13.2 Å². The van der Waals surface area contributed by atoms with Crippen molar-refractivity contribution < 1.29 is 4.79 Å². The number of likely N-dealkylation sites (N-methyl/N-ethyl adjacent to an activating group) is 2. The minimum atomic E-state index is -0.220. The van der Waals surface area contributed by atoms with Gasteiger partial charge < -0.3 is 4.90 Å². The van der Waals surface area contributed by atoms with Crippen LogP contribution in [-0.2, 0) is 4.79 Å². The number of nitrogens with zero attached hydrogens (tertiary/aromatic N) is 2. The Labute approximate surface area is 73.0 Å². The molecule has 1 amide bonds. The zero-order chi connectivity index (χ0) is 9.46. The average Bonchev–Trinajstić information content (AvgIpc) is 2.16. The zero-order valence-electron chi connectivity index (χ0n) is 7.79. The molecule has 12 heavy (non-hydrogen) atoms. The van der Waals surface area contributed by atoms with Crippen LogP contribution in [0.2, 0.25) is 0 Å². The number of hydrogen-bond acceptors (Lipinski definition) is 2. The Morgan fingerprint density at radius 1 is 1.42 bits per heavy atom. The second-order valence-corrected chi connectivity index (χ2v) is 3.24. The number of carbonyl (C=O) groups excluding carboxylic acids is 1. The van der Waals surface area contributed by atoms with Crippen molar-refractivity contribution in [3.63, 3.8) is 0 Å². The molecule has 1 rings (SSSR count). The first-order chi connectivity index (χ1) is 5.46. The van der Waals surface area contributed by atoms with Gasteiger partial charge in [0.25, 0.3) is 0 Å². The van der Waals surface area contributed by atoms with E-state index in [1.165, 1.54) is 0 Å². The predicted octanol–water partition coefficient (Wildman–Crippen LogP) is 0.458. The van der Waals surface area contributed by atoms with E-state index >= 15 is 0 Å². The van der Waals surface area contributed by atoms with Crippen LogP contribution >= 0.6 is 0 Å². The largest absolute Gasteiger partial charge is 0.314 e. The normalized spacial score (nSPS) is 24.5. The number of amides is 1. The number of hydrogen-bond donors (Lipinski definition) is 0. The summed E-state index contributed by atoms with van der Waals surface area (Å²) in [6.07, 6.45) is 0. The lowest BCUT2D eigenvalue weighted by Crippen LogP contribution is -2.36. The second kappa shape index (κ2) is 2.75. The molecule has 3 heteroatoms. The van der Waals surface area contributed by atoms with Crippen LogP contribution in [0.3, 0.4) is 0 Å². The van der Waals surface area contributed by atoms with Crippen LogP contribution in [0.1, 0.15) is 0 Å². The highest BCUT2D eigenvalue weighted by molar-refractivity contribution is 5.92. The fraction of sp³-hybridized carbons (Fsp3) is 0.444. The lowest BCUT2D eigenvalue weighted by molar-refractivity contribution is -0.129. The van der Waals surface area contributed by atoms with Gasteiger partial charge in [0.1, 0.15) is 6.04 Å². The molecule has 3 nitrogen and oxygen atoms in total. The van der Waals surface area contributed by atoms with Crippen LogP contribution in [-0.4, -0.2) is 42.9 Å². The van der Waals surface area contributed by atoms with Gasteiger partial charge in [-0.15, -0.1) is 0 Å².